The highest BCUT2D eigenvalue weighted by Crippen LogP contribution is 2.27. The summed E-state index contributed by atoms with van der Waals surface area (Å²) in [7, 11) is 3.20. The van der Waals surface area contributed by atoms with E-state index in [-0.39, 0.29) is 18.4 Å². The number of likely N-dealkylation sites (N-methyl/N-ethyl adjacent to an activating group) is 1. The molecular weight excluding hydrogens is 389 g/mol. The van der Waals surface area contributed by atoms with Crippen LogP contribution in [0.25, 0.3) is 0 Å². The third kappa shape index (κ3) is 6.13. The molecule has 0 saturated heterocycles. The molecule has 8 heteroatoms. The van der Waals surface area contributed by atoms with Crippen LogP contribution >= 0.6 is 23.2 Å². The highest BCUT2D eigenvalue weighted by molar-refractivity contribution is 6.31. The second-order valence-electron chi connectivity index (χ2n) is 5.98. The van der Waals surface area contributed by atoms with Gasteiger partial charge >= 0.3 is 0 Å². The van der Waals surface area contributed by atoms with Gasteiger partial charge in [0.15, 0.2) is 0 Å². The molecule has 2 amide bonds. The number of benzene rings is 2. The van der Waals surface area contributed by atoms with E-state index >= 15 is 0 Å². The Balaban J connectivity index is 1.94. The minimum Gasteiger partial charge on any atom is -0.495 e. The van der Waals surface area contributed by atoms with Gasteiger partial charge in [0.2, 0.25) is 11.8 Å². The van der Waals surface area contributed by atoms with E-state index in [2.05, 4.69) is 10.6 Å². The van der Waals surface area contributed by atoms with E-state index in [1.54, 1.807) is 61.3 Å². The first-order chi connectivity index (χ1) is 12.8. The quantitative estimate of drug-likeness (QED) is 0.727. The van der Waals surface area contributed by atoms with Crippen LogP contribution in [0.3, 0.4) is 0 Å². The predicted octanol–water partition coefficient (Wildman–Crippen LogP) is 3.90. The van der Waals surface area contributed by atoms with Gasteiger partial charge in [-0.25, -0.2) is 0 Å². The lowest BCUT2D eigenvalue weighted by Gasteiger charge is -2.23. The second-order valence-corrected chi connectivity index (χ2v) is 6.85. The number of rotatable bonds is 7. The maximum Gasteiger partial charge on any atom is 0.241 e. The van der Waals surface area contributed by atoms with Crippen molar-refractivity contribution >= 4 is 46.4 Å². The second kappa shape index (κ2) is 9.60. The number of carbonyl (C=O) groups excluding carboxylic acids is 2. The Bertz CT molecular complexity index is 812. The number of nitrogens with one attached hydrogen (secondary N) is 2. The van der Waals surface area contributed by atoms with Gasteiger partial charge in [0.1, 0.15) is 5.75 Å². The Labute approximate surface area is 168 Å². The summed E-state index contributed by atoms with van der Waals surface area (Å²) < 4.78 is 5.21. The van der Waals surface area contributed by atoms with Crippen molar-refractivity contribution in [1.82, 2.24) is 4.90 Å². The summed E-state index contributed by atoms with van der Waals surface area (Å²) in [6.07, 6.45) is 0. The number of nitrogens with zero attached hydrogens (tertiary/aromatic N) is 1. The normalized spacial score (nSPS) is 11.8. The van der Waals surface area contributed by atoms with Gasteiger partial charge in [-0.2, -0.15) is 0 Å². The summed E-state index contributed by atoms with van der Waals surface area (Å²) in [6.45, 7) is 1.74. The number of methoxy groups -OCH3 is 1. The molecule has 27 heavy (non-hydrogen) atoms. The molecule has 144 valence electrons. The fourth-order valence-electron chi connectivity index (χ4n) is 2.31. The smallest absolute Gasteiger partial charge is 0.241 e. The molecule has 6 nitrogen and oxygen atoms in total. The first kappa shape index (κ1) is 21.0. The molecule has 0 aliphatic rings. The van der Waals surface area contributed by atoms with E-state index in [0.29, 0.717) is 27.2 Å². The highest BCUT2D eigenvalue weighted by atomic mass is 35.5. The Kier molecular flexibility index (Phi) is 7.47. The number of carbonyl (C=O) groups is 2. The van der Waals surface area contributed by atoms with Crippen LogP contribution in [0.5, 0.6) is 5.75 Å². The predicted molar refractivity (Wildman–Crippen MR) is 109 cm³/mol. The monoisotopic (exact) mass is 409 g/mol. The number of halogens is 2. The van der Waals surface area contributed by atoms with Crippen LogP contribution in [0, 0.1) is 0 Å². The summed E-state index contributed by atoms with van der Waals surface area (Å²) in [5.74, 6) is -0.0129. The summed E-state index contributed by atoms with van der Waals surface area (Å²) in [5, 5.41) is 6.61. The molecule has 2 aromatic rings. The van der Waals surface area contributed by atoms with Gasteiger partial charge < -0.3 is 15.4 Å². The van der Waals surface area contributed by atoms with Crippen LogP contribution in [0.1, 0.15) is 6.92 Å². The van der Waals surface area contributed by atoms with E-state index in [1.807, 2.05) is 0 Å². The van der Waals surface area contributed by atoms with E-state index < -0.39 is 6.04 Å². The number of amides is 2. The molecule has 0 aliphatic carbocycles. The average Bonchev–Trinajstić information content (AvgIpc) is 2.63. The summed E-state index contributed by atoms with van der Waals surface area (Å²) >= 11 is 11.8. The SMILES string of the molecule is COc1ccc(Cl)cc1NC(=O)CN(C)[C@H](C)C(=O)Nc1ccc(Cl)cc1. The Hall–Kier alpha value is -2.28. The Morgan fingerprint density at radius 1 is 1.07 bits per heavy atom. The molecule has 0 unspecified atom stereocenters. The molecular formula is C19H21Cl2N3O3. The van der Waals surface area contributed by atoms with E-state index in [0.717, 1.165) is 0 Å². The lowest BCUT2D eigenvalue weighted by molar-refractivity contribution is -0.122. The standard InChI is InChI=1S/C19H21Cl2N3O3/c1-12(19(26)22-15-7-4-13(20)5-8-15)24(2)11-18(25)23-16-10-14(21)6-9-17(16)27-3/h4-10,12H,11H2,1-3H3,(H,22,26)(H,23,25)/t12-/m1/s1. The first-order valence-corrected chi connectivity index (χ1v) is 8.96. The molecule has 2 N–H and O–H groups in total. The fourth-order valence-corrected chi connectivity index (χ4v) is 2.61. The minimum absolute atomic E-state index is 0.0187. The molecule has 2 rings (SSSR count). The van der Waals surface area contributed by atoms with E-state index in [4.69, 9.17) is 27.9 Å². The Morgan fingerprint density at radius 3 is 2.33 bits per heavy atom. The zero-order valence-corrected chi connectivity index (χ0v) is 16.8. The van der Waals surface area contributed by atoms with E-state index in [9.17, 15) is 9.59 Å². The number of anilines is 2. The van der Waals surface area contributed by atoms with Crippen LogP contribution in [0.15, 0.2) is 42.5 Å². The molecule has 0 fully saturated rings. The van der Waals surface area contributed by atoms with Gasteiger partial charge in [0, 0.05) is 15.7 Å². The van der Waals surface area contributed by atoms with Crippen LogP contribution in [-0.4, -0.2) is 43.5 Å². The van der Waals surface area contributed by atoms with Crippen molar-refractivity contribution in [2.24, 2.45) is 0 Å². The van der Waals surface area contributed by atoms with Crippen molar-refractivity contribution in [3.8, 4) is 5.75 Å². The summed E-state index contributed by atoms with van der Waals surface area (Å²) in [5.41, 5.74) is 1.11. The van der Waals surface area contributed by atoms with Crippen LogP contribution in [0.2, 0.25) is 10.0 Å². The molecule has 0 saturated carbocycles. The number of ether oxygens (including phenoxy) is 1. The van der Waals surface area contributed by atoms with Gasteiger partial charge in [-0.05, 0) is 56.4 Å². The lowest BCUT2D eigenvalue weighted by atomic mass is 10.2. The number of hydrogen-bond donors (Lipinski definition) is 2. The molecule has 0 aliphatic heterocycles. The van der Waals surface area contributed by atoms with Gasteiger partial charge in [-0.15, -0.1) is 0 Å². The molecule has 0 bridgehead atoms. The molecule has 0 heterocycles. The van der Waals surface area contributed by atoms with Crippen molar-refractivity contribution in [2.45, 2.75) is 13.0 Å². The molecule has 2 aromatic carbocycles. The summed E-state index contributed by atoms with van der Waals surface area (Å²) in [4.78, 5) is 26.3. The largest absolute Gasteiger partial charge is 0.495 e. The molecule has 1 atom stereocenters. The van der Waals surface area contributed by atoms with Gasteiger partial charge in [0.25, 0.3) is 0 Å². The molecule has 0 radical (unpaired) electrons. The first-order valence-electron chi connectivity index (χ1n) is 8.20. The topological polar surface area (TPSA) is 70.7 Å². The lowest BCUT2D eigenvalue weighted by Crippen LogP contribution is -2.43. The average molecular weight is 410 g/mol. The van der Waals surface area contributed by atoms with Crippen molar-refractivity contribution in [3.05, 3.63) is 52.5 Å². The van der Waals surface area contributed by atoms with Crippen LogP contribution < -0.4 is 15.4 Å². The van der Waals surface area contributed by atoms with Gasteiger partial charge in [-0.1, -0.05) is 23.2 Å². The van der Waals surface area contributed by atoms with Crippen molar-refractivity contribution in [1.29, 1.82) is 0 Å². The minimum atomic E-state index is -0.521. The zero-order valence-electron chi connectivity index (χ0n) is 15.3. The molecule has 0 spiro atoms. The Morgan fingerprint density at radius 2 is 1.70 bits per heavy atom. The van der Waals surface area contributed by atoms with Crippen molar-refractivity contribution in [3.63, 3.8) is 0 Å². The van der Waals surface area contributed by atoms with Gasteiger partial charge in [0.05, 0.1) is 25.4 Å². The fraction of sp³-hybridized carbons (Fsp3) is 0.263. The molecule has 0 aromatic heterocycles. The third-order valence-corrected chi connectivity index (χ3v) is 4.47. The van der Waals surface area contributed by atoms with Crippen LogP contribution in [0.4, 0.5) is 11.4 Å². The van der Waals surface area contributed by atoms with Gasteiger partial charge in [-0.3, -0.25) is 14.5 Å². The van der Waals surface area contributed by atoms with Crippen LogP contribution in [-0.2, 0) is 9.59 Å². The maximum absolute atomic E-state index is 12.4. The zero-order chi connectivity index (χ0) is 20.0. The summed E-state index contributed by atoms with van der Waals surface area (Å²) in [6, 6.07) is 11.2. The maximum atomic E-state index is 12.4. The number of hydrogen-bond acceptors (Lipinski definition) is 4. The highest BCUT2D eigenvalue weighted by Gasteiger charge is 2.21. The van der Waals surface area contributed by atoms with Crippen molar-refractivity contribution < 1.29 is 14.3 Å². The van der Waals surface area contributed by atoms with Crippen molar-refractivity contribution in [2.75, 3.05) is 31.3 Å². The van der Waals surface area contributed by atoms with E-state index in [1.165, 1.54) is 7.11 Å². The third-order valence-electron chi connectivity index (χ3n) is 3.98.